The maximum absolute atomic E-state index is 13.2. The lowest BCUT2D eigenvalue weighted by molar-refractivity contribution is 0.102. The number of nitrogens with two attached hydrogens (primary N) is 1. The van der Waals surface area contributed by atoms with Crippen LogP contribution in [0.5, 0.6) is 5.75 Å². The van der Waals surface area contributed by atoms with Gasteiger partial charge in [-0.3, -0.25) is 4.79 Å². The second-order valence-electron chi connectivity index (χ2n) is 4.22. The fraction of sp³-hybridized carbons (Fsp3) is 0.0667. The van der Waals surface area contributed by atoms with E-state index in [2.05, 4.69) is 5.32 Å². The van der Waals surface area contributed by atoms with Crippen LogP contribution in [-0.2, 0) is 0 Å². The molecule has 3 N–H and O–H groups in total. The van der Waals surface area contributed by atoms with Crippen molar-refractivity contribution >= 4 is 17.3 Å². The zero-order valence-corrected chi connectivity index (χ0v) is 11.2. The van der Waals surface area contributed by atoms with E-state index in [1.807, 2.05) is 0 Å². The van der Waals surface area contributed by atoms with E-state index in [-0.39, 0.29) is 5.56 Å². The largest absolute Gasteiger partial charge is 0.495 e. The summed E-state index contributed by atoms with van der Waals surface area (Å²) in [5.41, 5.74) is 6.59. The van der Waals surface area contributed by atoms with Crippen LogP contribution in [0, 0.1) is 17.1 Å². The van der Waals surface area contributed by atoms with Gasteiger partial charge in [0.1, 0.15) is 17.6 Å². The van der Waals surface area contributed by atoms with Crippen molar-refractivity contribution in [3.05, 3.63) is 53.3 Å². The minimum absolute atomic E-state index is 0.137. The molecule has 5 nitrogen and oxygen atoms in total. The summed E-state index contributed by atoms with van der Waals surface area (Å²) in [6, 6.07) is 10.1. The highest BCUT2D eigenvalue weighted by Gasteiger charge is 2.10. The normalized spacial score (nSPS) is 9.76. The number of hydrogen-bond donors (Lipinski definition) is 2. The Bertz CT molecular complexity index is 738. The van der Waals surface area contributed by atoms with Gasteiger partial charge in [-0.1, -0.05) is 0 Å². The van der Waals surface area contributed by atoms with Crippen molar-refractivity contribution < 1.29 is 13.9 Å². The Morgan fingerprint density at radius 3 is 2.71 bits per heavy atom. The molecule has 106 valence electrons. The van der Waals surface area contributed by atoms with Gasteiger partial charge in [-0.15, -0.1) is 0 Å². The van der Waals surface area contributed by atoms with Crippen LogP contribution in [0.25, 0.3) is 0 Å². The Morgan fingerprint density at radius 2 is 2.10 bits per heavy atom. The summed E-state index contributed by atoms with van der Waals surface area (Å²) in [6.07, 6.45) is 0. The number of nitrogen functional groups attached to an aromatic ring is 1. The Balaban J connectivity index is 2.22. The van der Waals surface area contributed by atoms with Crippen molar-refractivity contribution in [1.29, 1.82) is 5.26 Å². The van der Waals surface area contributed by atoms with E-state index in [0.717, 1.165) is 6.07 Å². The molecule has 0 fully saturated rings. The highest BCUT2D eigenvalue weighted by atomic mass is 19.1. The standard InChI is InChI=1S/C15H12FN3O2/c1-21-14-5-2-9(7-13(14)18)15(20)19-11-3-4-12(16)10(6-11)8-17/h2-7H,18H2,1H3,(H,19,20). The van der Waals surface area contributed by atoms with Gasteiger partial charge in [-0.25, -0.2) is 4.39 Å². The third kappa shape index (κ3) is 3.09. The SMILES string of the molecule is COc1ccc(C(=O)Nc2ccc(F)c(C#N)c2)cc1N. The van der Waals surface area contributed by atoms with E-state index in [1.165, 1.54) is 25.3 Å². The van der Waals surface area contributed by atoms with Gasteiger partial charge in [0.05, 0.1) is 18.4 Å². The fourth-order valence-electron chi connectivity index (χ4n) is 1.77. The fourth-order valence-corrected chi connectivity index (χ4v) is 1.77. The molecule has 0 aliphatic carbocycles. The predicted molar refractivity (Wildman–Crippen MR) is 76.5 cm³/mol. The zero-order chi connectivity index (χ0) is 15.4. The van der Waals surface area contributed by atoms with Crippen LogP contribution < -0.4 is 15.8 Å². The molecule has 0 unspecified atom stereocenters. The number of carbonyl (C=O) groups is 1. The molecular formula is C15H12FN3O2. The molecule has 6 heteroatoms. The third-order valence-corrected chi connectivity index (χ3v) is 2.84. The molecule has 0 bridgehead atoms. The van der Waals surface area contributed by atoms with Crippen molar-refractivity contribution in [1.82, 2.24) is 0 Å². The molecule has 0 radical (unpaired) electrons. The molecule has 2 aromatic rings. The lowest BCUT2D eigenvalue weighted by Gasteiger charge is -2.08. The van der Waals surface area contributed by atoms with Gasteiger partial charge in [0, 0.05) is 11.3 Å². The average molecular weight is 285 g/mol. The van der Waals surface area contributed by atoms with E-state index >= 15 is 0 Å². The maximum Gasteiger partial charge on any atom is 0.255 e. The number of nitrogens with zero attached hydrogens (tertiary/aromatic N) is 1. The number of nitrogens with one attached hydrogen (secondary N) is 1. The van der Waals surface area contributed by atoms with Gasteiger partial charge in [0.2, 0.25) is 0 Å². The molecule has 1 amide bonds. The molecule has 0 heterocycles. The predicted octanol–water partition coefficient (Wildman–Crippen LogP) is 2.54. The van der Waals surface area contributed by atoms with Gasteiger partial charge >= 0.3 is 0 Å². The van der Waals surface area contributed by atoms with Crippen molar-refractivity contribution in [2.45, 2.75) is 0 Å². The van der Waals surface area contributed by atoms with Crippen LogP contribution in [0.4, 0.5) is 15.8 Å². The van der Waals surface area contributed by atoms with E-state index in [4.69, 9.17) is 15.7 Å². The molecule has 0 saturated carbocycles. The monoisotopic (exact) mass is 285 g/mol. The number of amides is 1. The molecule has 0 saturated heterocycles. The molecule has 2 rings (SSSR count). The summed E-state index contributed by atoms with van der Waals surface area (Å²) in [5, 5.41) is 11.3. The van der Waals surface area contributed by atoms with Crippen LogP contribution >= 0.6 is 0 Å². The first-order valence-corrected chi connectivity index (χ1v) is 5.99. The van der Waals surface area contributed by atoms with Crippen LogP contribution in [0.3, 0.4) is 0 Å². The van der Waals surface area contributed by atoms with E-state index < -0.39 is 11.7 Å². The highest BCUT2D eigenvalue weighted by Crippen LogP contribution is 2.22. The molecule has 2 aromatic carbocycles. The van der Waals surface area contributed by atoms with Crippen LogP contribution in [0.2, 0.25) is 0 Å². The van der Waals surface area contributed by atoms with E-state index in [1.54, 1.807) is 18.2 Å². The number of benzene rings is 2. The summed E-state index contributed by atoms with van der Waals surface area (Å²) in [7, 11) is 1.48. The smallest absolute Gasteiger partial charge is 0.255 e. The number of nitriles is 1. The number of carbonyl (C=O) groups excluding carboxylic acids is 1. The van der Waals surface area contributed by atoms with Gasteiger partial charge in [-0.2, -0.15) is 5.26 Å². The quantitative estimate of drug-likeness (QED) is 0.848. The van der Waals surface area contributed by atoms with Crippen molar-refractivity contribution in [3.8, 4) is 11.8 Å². The number of halogens is 1. The lowest BCUT2D eigenvalue weighted by atomic mass is 10.1. The summed E-state index contributed by atoms with van der Waals surface area (Å²) in [5.74, 6) is -0.579. The Kier molecular flexibility index (Phi) is 4.05. The molecule has 0 aliphatic rings. The van der Waals surface area contributed by atoms with Gasteiger partial charge in [0.25, 0.3) is 5.91 Å². The first kappa shape index (κ1) is 14.3. The minimum atomic E-state index is -0.635. The van der Waals surface area contributed by atoms with Gasteiger partial charge in [-0.05, 0) is 36.4 Å². The number of hydrogen-bond acceptors (Lipinski definition) is 4. The Morgan fingerprint density at radius 1 is 1.33 bits per heavy atom. The third-order valence-electron chi connectivity index (χ3n) is 2.84. The maximum atomic E-state index is 13.2. The molecule has 0 spiro atoms. The van der Waals surface area contributed by atoms with Crippen LogP contribution in [0.15, 0.2) is 36.4 Å². The molecule has 0 aromatic heterocycles. The van der Waals surface area contributed by atoms with Crippen molar-refractivity contribution in [2.24, 2.45) is 0 Å². The summed E-state index contributed by atoms with van der Waals surface area (Å²) >= 11 is 0. The van der Waals surface area contributed by atoms with Crippen LogP contribution in [0.1, 0.15) is 15.9 Å². The lowest BCUT2D eigenvalue weighted by Crippen LogP contribution is -2.12. The first-order chi connectivity index (χ1) is 10.0. The summed E-state index contributed by atoms with van der Waals surface area (Å²) in [4.78, 5) is 12.1. The van der Waals surface area contributed by atoms with Crippen LogP contribution in [-0.4, -0.2) is 13.0 Å². The van der Waals surface area contributed by atoms with Crippen molar-refractivity contribution in [2.75, 3.05) is 18.2 Å². The molecule has 21 heavy (non-hydrogen) atoms. The topological polar surface area (TPSA) is 88.1 Å². The molecule has 0 atom stereocenters. The van der Waals surface area contributed by atoms with Gasteiger partial charge < -0.3 is 15.8 Å². The second kappa shape index (κ2) is 5.92. The van der Waals surface area contributed by atoms with E-state index in [9.17, 15) is 9.18 Å². The second-order valence-corrected chi connectivity index (χ2v) is 4.22. The average Bonchev–Trinajstić information content (AvgIpc) is 2.49. The number of anilines is 2. The Hall–Kier alpha value is -3.07. The number of rotatable bonds is 3. The Labute approximate surface area is 120 Å². The molecular weight excluding hydrogens is 273 g/mol. The summed E-state index contributed by atoms with van der Waals surface area (Å²) < 4.78 is 18.2. The van der Waals surface area contributed by atoms with Gasteiger partial charge in [0.15, 0.2) is 0 Å². The highest BCUT2D eigenvalue weighted by molar-refractivity contribution is 6.05. The van der Waals surface area contributed by atoms with Crippen molar-refractivity contribution in [3.63, 3.8) is 0 Å². The first-order valence-electron chi connectivity index (χ1n) is 5.99. The van der Waals surface area contributed by atoms with E-state index in [0.29, 0.717) is 22.7 Å². The number of ether oxygens (including phenoxy) is 1. The zero-order valence-electron chi connectivity index (χ0n) is 11.2. The minimum Gasteiger partial charge on any atom is -0.495 e. The molecule has 0 aliphatic heterocycles. The number of methoxy groups -OCH3 is 1. The summed E-state index contributed by atoms with van der Waals surface area (Å²) in [6.45, 7) is 0.